The molecule has 0 aliphatic heterocycles. The van der Waals surface area contributed by atoms with Gasteiger partial charge in [-0.25, -0.2) is 4.98 Å². The van der Waals surface area contributed by atoms with Crippen LogP contribution in [0.5, 0.6) is 0 Å². The molecule has 0 bridgehead atoms. The first kappa shape index (κ1) is 14.3. The van der Waals surface area contributed by atoms with Crippen LogP contribution in [0.3, 0.4) is 0 Å². The standard InChI is InChI=1S/C17H20N2OS/c1-12-18-14(11-21-12)10-17(20)19(2)16-9-5-7-13-6-3-4-8-15(13)16/h3-4,6,8,11,16H,5,7,9-10H2,1-2H3. The number of amides is 1. The Balaban J connectivity index is 1.76. The predicted molar refractivity (Wildman–Crippen MR) is 85.4 cm³/mol. The van der Waals surface area contributed by atoms with E-state index in [1.165, 1.54) is 11.1 Å². The second kappa shape index (κ2) is 5.98. The number of likely N-dealkylation sites (N-methyl/N-ethyl adjacent to an activating group) is 1. The molecule has 1 aliphatic rings. The fourth-order valence-electron chi connectivity index (χ4n) is 3.07. The van der Waals surface area contributed by atoms with Crippen LogP contribution in [0.1, 0.15) is 40.7 Å². The average molecular weight is 300 g/mol. The normalized spacial score (nSPS) is 17.3. The number of hydrogen-bond acceptors (Lipinski definition) is 3. The summed E-state index contributed by atoms with van der Waals surface area (Å²) < 4.78 is 0. The number of benzene rings is 1. The van der Waals surface area contributed by atoms with Crippen LogP contribution >= 0.6 is 11.3 Å². The Labute approximate surface area is 129 Å². The Morgan fingerprint density at radius 3 is 3.00 bits per heavy atom. The minimum Gasteiger partial charge on any atom is -0.338 e. The highest BCUT2D eigenvalue weighted by Gasteiger charge is 2.26. The third-order valence-corrected chi connectivity index (χ3v) is 5.02. The molecule has 3 nitrogen and oxygen atoms in total. The summed E-state index contributed by atoms with van der Waals surface area (Å²) in [4.78, 5) is 18.8. The summed E-state index contributed by atoms with van der Waals surface area (Å²) in [5.74, 6) is 0.155. The summed E-state index contributed by atoms with van der Waals surface area (Å²) in [5, 5.41) is 3.00. The minimum absolute atomic E-state index is 0.155. The molecule has 0 radical (unpaired) electrons. The highest BCUT2D eigenvalue weighted by Crippen LogP contribution is 2.33. The number of carbonyl (C=O) groups is 1. The van der Waals surface area contributed by atoms with Gasteiger partial charge in [-0.15, -0.1) is 11.3 Å². The van der Waals surface area contributed by atoms with Crippen LogP contribution < -0.4 is 0 Å². The van der Waals surface area contributed by atoms with Crippen LogP contribution in [0.4, 0.5) is 0 Å². The molecule has 21 heavy (non-hydrogen) atoms. The lowest BCUT2D eigenvalue weighted by Gasteiger charge is -2.33. The Morgan fingerprint density at radius 1 is 1.43 bits per heavy atom. The summed E-state index contributed by atoms with van der Waals surface area (Å²) in [6.07, 6.45) is 3.73. The summed E-state index contributed by atoms with van der Waals surface area (Å²) in [6.45, 7) is 1.97. The van der Waals surface area contributed by atoms with Gasteiger partial charge in [-0.05, 0) is 37.3 Å². The number of thiazole rings is 1. The summed E-state index contributed by atoms with van der Waals surface area (Å²) >= 11 is 1.60. The fraction of sp³-hybridized carbons (Fsp3) is 0.412. The number of nitrogens with zero attached hydrogens (tertiary/aromatic N) is 2. The molecule has 1 aromatic heterocycles. The Morgan fingerprint density at radius 2 is 2.24 bits per heavy atom. The van der Waals surface area contributed by atoms with Gasteiger partial charge in [0, 0.05) is 12.4 Å². The Kier molecular flexibility index (Phi) is 4.06. The molecular weight excluding hydrogens is 280 g/mol. The molecule has 3 rings (SSSR count). The van der Waals surface area contributed by atoms with Crippen molar-refractivity contribution < 1.29 is 4.79 Å². The highest BCUT2D eigenvalue weighted by molar-refractivity contribution is 7.09. The molecule has 1 heterocycles. The highest BCUT2D eigenvalue weighted by atomic mass is 32.1. The molecule has 1 unspecified atom stereocenters. The van der Waals surface area contributed by atoms with Gasteiger partial charge in [0.25, 0.3) is 0 Å². The van der Waals surface area contributed by atoms with E-state index in [0.717, 1.165) is 30.0 Å². The van der Waals surface area contributed by atoms with Crippen molar-refractivity contribution >= 4 is 17.2 Å². The van der Waals surface area contributed by atoms with E-state index in [-0.39, 0.29) is 11.9 Å². The van der Waals surface area contributed by atoms with Gasteiger partial charge in [0.05, 0.1) is 23.2 Å². The number of fused-ring (bicyclic) bond motifs is 1. The van der Waals surface area contributed by atoms with E-state index < -0.39 is 0 Å². The van der Waals surface area contributed by atoms with Crippen molar-refractivity contribution in [2.75, 3.05) is 7.05 Å². The van der Waals surface area contributed by atoms with E-state index in [1.807, 2.05) is 24.3 Å². The van der Waals surface area contributed by atoms with Gasteiger partial charge in [-0.1, -0.05) is 24.3 Å². The van der Waals surface area contributed by atoms with Crippen molar-refractivity contribution in [3.8, 4) is 0 Å². The first-order valence-electron chi connectivity index (χ1n) is 7.39. The molecule has 0 N–H and O–H groups in total. The summed E-state index contributed by atoms with van der Waals surface area (Å²) in [5.41, 5.74) is 3.59. The van der Waals surface area contributed by atoms with E-state index in [2.05, 4.69) is 29.2 Å². The van der Waals surface area contributed by atoms with Gasteiger partial charge in [0.15, 0.2) is 0 Å². The van der Waals surface area contributed by atoms with E-state index in [9.17, 15) is 4.79 Å². The maximum absolute atomic E-state index is 12.5. The summed E-state index contributed by atoms with van der Waals surface area (Å²) in [7, 11) is 1.92. The van der Waals surface area contributed by atoms with Crippen LogP contribution in [-0.4, -0.2) is 22.8 Å². The monoisotopic (exact) mass is 300 g/mol. The minimum atomic E-state index is 0.155. The second-order valence-corrected chi connectivity index (χ2v) is 6.71. The van der Waals surface area contributed by atoms with Crippen molar-refractivity contribution in [1.82, 2.24) is 9.88 Å². The molecule has 0 saturated carbocycles. The van der Waals surface area contributed by atoms with E-state index >= 15 is 0 Å². The van der Waals surface area contributed by atoms with Crippen LogP contribution in [0.2, 0.25) is 0 Å². The molecule has 2 aromatic rings. The maximum Gasteiger partial charge on any atom is 0.228 e. The first-order valence-corrected chi connectivity index (χ1v) is 8.27. The lowest BCUT2D eigenvalue weighted by molar-refractivity contribution is -0.131. The summed E-state index contributed by atoms with van der Waals surface area (Å²) in [6, 6.07) is 8.71. The molecular formula is C17H20N2OS. The van der Waals surface area contributed by atoms with Crippen molar-refractivity contribution in [1.29, 1.82) is 0 Å². The Hall–Kier alpha value is -1.68. The molecule has 0 saturated heterocycles. The number of carbonyl (C=O) groups excluding carboxylic acids is 1. The van der Waals surface area contributed by atoms with Gasteiger partial charge >= 0.3 is 0 Å². The predicted octanol–water partition coefficient (Wildman–Crippen LogP) is 3.53. The topological polar surface area (TPSA) is 33.2 Å². The van der Waals surface area contributed by atoms with Gasteiger partial charge in [0.2, 0.25) is 5.91 Å². The SMILES string of the molecule is Cc1nc(CC(=O)N(C)C2CCCc3ccccc32)cs1. The van der Waals surface area contributed by atoms with Gasteiger partial charge in [-0.2, -0.15) is 0 Å². The van der Waals surface area contributed by atoms with Crippen molar-refractivity contribution in [3.63, 3.8) is 0 Å². The molecule has 0 fully saturated rings. The van der Waals surface area contributed by atoms with Crippen LogP contribution in [0.25, 0.3) is 0 Å². The maximum atomic E-state index is 12.5. The molecule has 1 amide bonds. The fourth-order valence-corrected chi connectivity index (χ4v) is 3.69. The van der Waals surface area contributed by atoms with Crippen LogP contribution in [-0.2, 0) is 17.6 Å². The average Bonchev–Trinajstić information content (AvgIpc) is 2.91. The van der Waals surface area contributed by atoms with Crippen molar-refractivity contribution in [2.24, 2.45) is 0 Å². The smallest absolute Gasteiger partial charge is 0.228 e. The number of rotatable bonds is 3. The number of hydrogen-bond donors (Lipinski definition) is 0. The first-order chi connectivity index (χ1) is 10.1. The van der Waals surface area contributed by atoms with Gasteiger partial charge in [0.1, 0.15) is 0 Å². The van der Waals surface area contributed by atoms with Gasteiger partial charge in [-0.3, -0.25) is 4.79 Å². The van der Waals surface area contributed by atoms with Crippen molar-refractivity contribution in [3.05, 3.63) is 51.5 Å². The molecule has 1 aromatic carbocycles. The number of aromatic nitrogens is 1. The Bertz CT molecular complexity index is 650. The van der Waals surface area contributed by atoms with Crippen LogP contribution in [0.15, 0.2) is 29.6 Å². The molecule has 0 spiro atoms. The zero-order valence-corrected chi connectivity index (χ0v) is 13.3. The third kappa shape index (κ3) is 3.00. The lowest BCUT2D eigenvalue weighted by Crippen LogP contribution is -2.34. The largest absolute Gasteiger partial charge is 0.338 e. The molecule has 110 valence electrons. The number of aryl methyl sites for hydroxylation is 2. The molecule has 4 heteroatoms. The van der Waals surface area contributed by atoms with Gasteiger partial charge < -0.3 is 4.90 Å². The molecule has 1 atom stereocenters. The van der Waals surface area contributed by atoms with Crippen molar-refractivity contribution in [2.45, 2.75) is 38.6 Å². The quantitative estimate of drug-likeness (QED) is 0.869. The lowest BCUT2D eigenvalue weighted by atomic mass is 9.87. The second-order valence-electron chi connectivity index (χ2n) is 5.65. The molecule has 1 aliphatic carbocycles. The third-order valence-electron chi connectivity index (χ3n) is 4.20. The van der Waals surface area contributed by atoms with E-state index in [0.29, 0.717) is 6.42 Å². The van der Waals surface area contributed by atoms with E-state index in [4.69, 9.17) is 0 Å². The van der Waals surface area contributed by atoms with E-state index in [1.54, 1.807) is 11.3 Å². The zero-order chi connectivity index (χ0) is 14.8. The van der Waals surface area contributed by atoms with Crippen LogP contribution in [0, 0.1) is 6.92 Å². The zero-order valence-electron chi connectivity index (χ0n) is 12.5.